The summed E-state index contributed by atoms with van der Waals surface area (Å²) in [6, 6.07) is 2.01. The zero-order valence-electron chi connectivity index (χ0n) is 20.9. The Morgan fingerprint density at radius 1 is 1.00 bits per heavy atom. The minimum Gasteiger partial charge on any atom is -0.493 e. The van der Waals surface area contributed by atoms with E-state index in [1.54, 1.807) is 0 Å². The zero-order valence-corrected chi connectivity index (χ0v) is 20.9. The Morgan fingerprint density at radius 3 is 1.86 bits per heavy atom. The number of carbonyl (C=O) groups is 1. The second kappa shape index (κ2) is 20.4. The van der Waals surface area contributed by atoms with Gasteiger partial charge in [0.25, 0.3) is 0 Å². The van der Waals surface area contributed by atoms with E-state index < -0.39 is 0 Å². The molecule has 1 aliphatic heterocycles. The van der Waals surface area contributed by atoms with Crippen molar-refractivity contribution in [2.75, 3.05) is 6.61 Å². The van der Waals surface area contributed by atoms with Gasteiger partial charge in [-0.3, -0.25) is 4.79 Å². The van der Waals surface area contributed by atoms with Crippen LogP contribution >= 0.6 is 0 Å². The Kier molecular flexibility index (Phi) is 22.8. The first-order valence-electron chi connectivity index (χ1n) is 11.3. The topological polar surface area (TPSA) is 38.8 Å². The molecule has 1 fully saturated rings. The van der Waals surface area contributed by atoms with Crippen LogP contribution in [0.5, 0.6) is 5.75 Å². The first-order valence-corrected chi connectivity index (χ1v) is 11.3. The van der Waals surface area contributed by atoms with Crippen LogP contribution in [0.4, 0.5) is 0 Å². The SMILES string of the molecule is CC.CC.CC.CCC.Cc1cc(C)c(OCCCC2OC2C)c(C)c1C=O. The van der Waals surface area contributed by atoms with Crippen molar-refractivity contribution in [3.63, 3.8) is 0 Å². The van der Waals surface area contributed by atoms with E-state index in [-0.39, 0.29) is 0 Å². The standard InChI is InChI=1S/C16H22O3.C3H8.3C2H6/c1-10-8-11(2)16(12(3)14(10)9-17)18-7-5-6-15-13(4)19-15;1-3-2;3*1-2/h8-9,13,15H,5-7H2,1-4H3;3H2,1-2H3;3*1-2H3. The Labute approximate surface area is 176 Å². The zero-order chi connectivity index (χ0) is 22.7. The van der Waals surface area contributed by atoms with Gasteiger partial charge in [0.15, 0.2) is 6.29 Å². The molecule has 3 nitrogen and oxygen atoms in total. The number of epoxide rings is 1. The lowest BCUT2D eigenvalue weighted by Crippen LogP contribution is -2.05. The summed E-state index contributed by atoms with van der Waals surface area (Å²) in [5.74, 6) is 0.859. The summed E-state index contributed by atoms with van der Waals surface area (Å²) < 4.78 is 11.2. The maximum Gasteiger partial charge on any atom is 0.150 e. The summed E-state index contributed by atoms with van der Waals surface area (Å²) in [7, 11) is 0. The van der Waals surface area contributed by atoms with Crippen molar-refractivity contribution in [2.24, 2.45) is 0 Å². The molecule has 1 aromatic rings. The van der Waals surface area contributed by atoms with Crippen LogP contribution in [0.3, 0.4) is 0 Å². The molecular formula is C25H48O3. The van der Waals surface area contributed by atoms with Crippen LogP contribution < -0.4 is 4.74 Å². The molecule has 2 unspecified atom stereocenters. The lowest BCUT2D eigenvalue weighted by Gasteiger charge is -2.15. The third-order valence-corrected chi connectivity index (χ3v) is 3.79. The number of carbonyl (C=O) groups excluding carboxylic acids is 1. The second-order valence-electron chi connectivity index (χ2n) is 6.07. The van der Waals surface area contributed by atoms with E-state index in [9.17, 15) is 4.79 Å². The van der Waals surface area contributed by atoms with Gasteiger partial charge in [0.05, 0.1) is 18.8 Å². The van der Waals surface area contributed by atoms with Crippen LogP contribution in [-0.2, 0) is 4.74 Å². The number of ether oxygens (including phenoxy) is 2. The number of hydrogen-bond acceptors (Lipinski definition) is 3. The largest absolute Gasteiger partial charge is 0.493 e. The van der Waals surface area contributed by atoms with Gasteiger partial charge in [-0.2, -0.15) is 0 Å². The highest BCUT2D eigenvalue weighted by molar-refractivity contribution is 5.81. The molecule has 166 valence electrons. The first kappa shape index (κ1) is 31.3. The molecule has 0 N–H and O–H groups in total. The van der Waals surface area contributed by atoms with E-state index in [0.29, 0.717) is 18.8 Å². The molecule has 1 aromatic carbocycles. The molecular weight excluding hydrogens is 348 g/mol. The minimum absolute atomic E-state index is 0.421. The van der Waals surface area contributed by atoms with Crippen LogP contribution in [0.2, 0.25) is 0 Å². The van der Waals surface area contributed by atoms with Crippen molar-refractivity contribution in [3.8, 4) is 5.75 Å². The predicted octanol–water partition coefficient (Wildman–Crippen LogP) is 7.87. The molecule has 28 heavy (non-hydrogen) atoms. The van der Waals surface area contributed by atoms with Gasteiger partial charge in [-0.15, -0.1) is 0 Å². The van der Waals surface area contributed by atoms with Gasteiger partial charge in [-0.1, -0.05) is 67.9 Å². The summed E-state index contributed by atoms with van der Waals surface area (Å²) in [6.45, 7) is 25.0. The van der Waals surface area contributed by atoms with Crippen molar-refractivity contribution >= 4 is 6.29 Å². The number of aldehydes is 1. The summed E-state index contributed by atoms with van der Waals surface area (Å²) in [5.41, 5.74) is 3.80. The highest BCUT2D eigenvalue weighted by atomic mass is 16.6. The lowest BCUT2D eigenvalue weighted by atomic mass is 9.99. The Morgan fingerprint density at radius 2 is 1.46 bits per heavy atom. The molecule has 3 heteroatoms. The van der Waals surface area contributed by atoms with Crippen molar-refractivity contribution < 1.29 is 14.3 Å². The van der Waals surface area contributed by atoms with E-state index in [0.717, 1.165) is 47.1 Å². The fourth-order valence-corrected chi connectivity index (χ4v) is 2.58. The van der Waals surface area contributed by atoms with E-state index in [2.05, 4.69) is 20.8 Å². The third-order valence-electron chi connectivity index (χ3n) is 3.79. The third kappa shape index (κ3) is 12.2. The van der Waals surface area contributed by atoms with Gasteiger partial charge in [0, 0.05) is 11.1 Å². The molecule has 0 aliphatic carbocycles. The van der Waals surface area contributed by atoms with Gasteiger partial charge in [-0.25, -0.2) is 0 Å². The molecule has 0 radical (unpaired) electrons. The fourth-order valence-electron chi connectivity index (χ4n) is 2.58. The molecule has 1 aliphatic rings. The van der Waals surface area contributed by atoms with E-state index in [4.69, 9.17) is 9.47 Å². The number of rotatable bonds is 6. The van der Waals surface area contributed by atoms with Gasteiger partial charge >= 0.3 is 0 Å². The predicted molar refractivity (Wildman–Crippen MR) is 125 cm³/mol. The monoisotopic (exact) mass is 396 g/mol. The van der Waals surface area contributed by atoms with Crippen LogP contribution in [-0.4, -0.2) is 25.1 Å². The van der Waals surface area contributed by atoms with Crippen molar-refractivity contribution in [2.45, 2.75) is 115 Å². The van der Waals surface area contributed by atoms with Gasteiger partial charge in [0.1, 0.15) is 5.75 Å². The maximum atomic E-state index is 11.1. The van der Waals surface area contributed by atoms with Crippen molar-refractivity contribution in [1.29, 1.82) is 0 Å². The summed E-state index contributed by atoms with van der Waals surface area (Å²) in [5, 5.41) is 0. The summed E-state index contributed by atoms with van der Waals surface area (Å²) in [4.78, 5) is 11.1. The molecule has 0 aromatic heterocycles. The van der Waals surface area contributed by atoms with Crippen molar-refractivity contribution in [1.82, 2.24) is 0 Å². The van der Waals surface area contributed by atoms with Gasteiger partial charge < -0.3 is 9.47 Å². The Balaban J connectivity index is -0.000000604. The van der Waals surface area contributed by atoms with Crippen LogP contribution in [0.25, 0.3) is 0 Å². The van der Waals surface area contributed by atoms with Crippen LogP contribution in [0.15, 0.2) is 6.07 Å². The van der Waals surface area contributed by atoms with Gasteiger partial charge in [-0.05, 0) is 51.7 Å². The molecule has 0 spiro atoms. The number of benzene rings is 1. The van der Waals surface area contributed by atoms with Crippen LogP contribution in [0.1, 0.15) is 109 Å². The fraction of sp³-hybridized carbons (Fsp3) is 0.720. The molecule has 2 atom stereocenters. The molecule has 1 saturated heterocycles. The van der Waals surface area contributed by atoms with Crippen LogP contribution in [0, 0.1) is 20.8 Å². The molecule has 0 bridgehead atoms. The maximum absolute atomic E-state index is 11.1. The van der Waals surface area contributed by atoms with E-state index >= 15 is 0 Å². The molecule has 0 amide bonds. The lowest BCUT2D eigenvalue weighted by molar-refractivity contribution is 0.112. The quantitative estimate of drug-likeness (QED) is 0.279. The molecule has 2 rings (SSSR count). The highest BCUT2D eigenvalue weighted by Gasteiger charge is 2.33. The normalized spacial score (nSPS) is 15.7. The number of hydrogen-bond donors (Lipinski definition) is 0. The summed E-state index contributed by atoms with van der Waals surface area (Å²) >= 11 is 0. The Bertz CT molecular complexity index is 495. The van der Waals surface area contributed by atoms with E-state index in [1.165, 1.54) is 6.42 Å². The number of aryl methyl sites for hydroxylation is 2. The molecule has 1 heterocycles. The average Bonchev–Trinajstić information content (AvgIpc) is 3.41. The van der Waals surface area contributed by atoms with Gasteiger partial charge in [0.2, 0.25) is 0 Å². The summed E-state index contributed by atoms with van der Waals surface area (Å²) in [6.07, 6.45) is 5.04. The highest BCUT2D eigenvalue weighted by Crippen LogP contribution is 2.29. The average molecular weight is 397 g/mol. The smallest absolute Gasteiger partial charge is 0.150 e. The first-order chi connectivity index (χ1) is 13.5. The minimum atomic E-state index is 0.421. The molecule has 0 saturated carbocycles. The van der Waals surface area contributed by atoms with E-state index in [1.807, 2.05) is 68.4 Å². The Hall–Kier alpha value is -1.35. The van der Waals surface area contributed by atoms with Crippen molar-refractivity contribution in [3.05, 3.63) is 28.3 Å². The second-order valence-corrected chi connectivity index (χ2v) is 6.07.